The largest absolute Gasteiger partial charge is 0.479 e. The maximum Gasteiger partial charge on any atom is 0.290 e. The van der Waals surface area contributed by atoms with Gasteiger partial charge in [-0.1, -0.05) is 5.92 Å². The fourth-order valence-corrected chi connectivity index (χ4v) is 4.30. The average molecular weight is 511 g/mol. The first kappa shape index (κ1) is 15.7. The van der Waals surface area contributed by atoms with E-state index in [1.807, 2.05) is 12.1 Å². The van der Waals surface area contributed by atoms with Gasteiger partial charge in [-0.25, -0.2) is 0 Å². The van der Waals surface area contributed by atoms with Crippen LogP contribution in [-0.4, -0.2) is 17.8 Å². The van der Waals surface area contributed by atoms with Crippen molar-refractivity contribution in [3.8, 4) is 18.1 Å². The lowest BCUT2D eigenvalue weighted by molar-refractivity contribution is -0.115. The van der Waals surface area contributed by atoms with Gasteiger partial charge in [-0.15, -0.1) is 6.42 Å². The molecule has 2 rings (SSSR count). The van der Waals surface area contributed by atoms with Crippen LogP contribution in [0.1, 0.15) is 5.56 Å². The number of benzene rings is 1. The van der Waals surface area contributed by atoms with Gasteiger partial charge in [-0.3, -0.25) is 14.9 Å². The van der Waals surface area contributed by atoms with Crippen molar-refractivity contribution < 1.29 is 14.3 Å². The number of ether oxygens (including phenoxy) is 1. The highest BCUT2D eigenvalue weighted by Gasteiger charge is 2.25. The summed E-state index contributed by atoms with van der Waals surface area (Å²) in [5, 5.41) is 1.87. The lowest BCUT2D eigenvalue weighted by Gasteiger charge is -2.09. The second kappa shape index (κ2) is 6.82. The van der Waals surface area contributed by atoms with Crippen molar-refractivity contribution in [2.24, 2.45) is 0 Å². The number of terminal acetylenes is 1. The van der Waals surface area contributed by atoms with Gasteiger partial charge in [0, 0.05) is 0 Å². The minimum absolute atomic E-state index is 0.208. The zero-order valence-corrected chi connectivity index (χ0v) is 15.0. The van der Waals surface area contributed by atoms with Crippen LogP contribution in [0, 0.1) is 19.5 Å². The Morgan fingerprint density at radius 3 is 2.50 bits per heavy atom. The molecule has 0 spiro atoms. The number of carbonyl (C=O) groups is 2. The minimum Gasteiger partial charge on any atom is -0.479 e. The van der Waals surface area contributed by atoms with E-state index in [-0.39, 0.29) is 17.8 Å². The quantitative estimate of drug-likeness (QED) is 0.385. The van der Waals surface area contributed by atoms with Gasteiger partial charge in [0.05, 0.1) is 12.0 Å². The predicted molar refractivity (Wildman–Crippen MR) is 95.3 cm³/mol. The number of thioether (sulfide) groups is 1. The van der Waals surface area contributed by atoms with E-state index >= 15 is 0 Å². The van der Waals surface area contributed by atoms with E-state index in [2.05, 4.69) is 56.4 Å². The van der Waals surface area contributed by atoms with Gasteiger partial charge in [0.15, 0.2) is 0 Å². The van der Waals surface area contributed by atoms with Crippen molar-refractivity contribution in [3.63, 3.8) is 0 Å². The Morgan fingerprint density at radius 2 is 2.00 bits per heavy atom. The van der Waals surface area contributed by atoms with Crippen molar-refractivity contribution in [3.05, 3.63) is 29.7 Å². The first-order chi connectivity index (χ1) is 9.51. The molecular weight excluding hydrogens is 504 g/mol. The SMILES string of the molecule is C#CCOc1c(I)cc(C=C2SC(=O)NC2=O)cc1I. The Bertz CT molecular complexity index is 641. The first-order valence-corrected chi connectivity index (χ1v) is 8.29. The molecule has 0 aromatic heterocycles. The highest BCUT2D eigenvalue weighted by Crippen LogP contribution is 2.31. The molecule has 102 valence electrons. The number of imide groups is 1. The molecular formula is C13H7I2NO3S. The van der Waals surface area contributed by atoms with Crippen LogP contribution in [0.5, 0.6) is 5.75 Å². The Labute approximate surface area is 147 Å². The maximum atomic E-state index is 11.5. The second-order valence-corrected chi connectivity index (χ2v) is 7.00. The Morgan fingerprint density at radius 1 is 1.35 bits per heavy atom. The van der Waals surface area contributed by atoms with E-state index in [0.29, 0.717) is 4.91 Å². The molecule has 1 aliphatic heterocycles. The summed E-state index contributed by atoms with van der Waals surface area (Å²) < 4.78 is 7.26. The van der Waals surface area contributed by atoms with E-state index in [1.165, 1.54) is 0 Å². The minimum atomic E-state index is -0.363. The van der Waals surface area contributed by atoms with Crippen molar-refractivity contribution in [1.29, 1.82) is 0 Å². The molecule has 4 nitrogen and oxygen atoms in total. The molecule has 7 heteroatoms. The summed E-state index contributed by atoms with van der Waals surface area (Å²) >= 11 is 5.19. The summed E-state index contributed by atoms with van der Waals surface area (Å²) in [6.07, 6.45) is 6.86. The molecule has 1 N–H and O–H groups in total. The number of nitrogens with one attached hydrogen (secondary N) is 1. The van der Waals surface area contributed by atoms with Gasteiger partial charge in [-0.2, -0.15) is 0 Å². The van der Waals surface area contributed by atoms with Gasteiger partial charge in [0.1, 0.15) is 12.4 Å². The topological polar surface area (TPSA) is 55.4 Å². The van der Waals surface area contributed by atoms with Crippen LogP contribution in [0.15, 0.2) is 17.0 Å². The number of rotatable bonds is 3. The number of amides is 2. The fraction of sp³-hybridized carbons (Fsp3) is 0.0769. The molecule has 0 aliphatic carbocycles. The van der Waals surface area contributed by atoms with Crippen molar-refractivity contribution in [2.75, 3.05) is 6.61 Å². The molecule has 1 aliphatic rings. The number of carbonyl (C=O) groups excluding carboxylic acids is 2. The van der Waals surface area contributed by atoms with Crippen LogP contribution in [-0.2, 0) is 4.79 Å². The molecule has 0 radical (unpaired) electrons. The molecule has 1 fully saturated rings. The maximum absolute atomic E-state index is 11.5. The smallest absolute Gasteiger partial charge is 0.290 e. The molecule has 0 atom stereocenters. The third-order valence-electron chi connectivity index (χ3n) is 2.26. The monoisotopic (exact) mass is 511 g/mol. The standard InChI is InChI=1S/C13H7I2NO3S/c1-2-3-19-11-8(14)4-7(5-9(11)15)6-10-12(17)16-13(18)20-10/h1,4-6H,3H2,(H,16,17,18). The second-order valence-electron chi connectivity index (χ2n) is 3.66. The fourth-order valence-electron chi connectivity index (χ4n) is 1.49. The molecule has 0 saturated carbocycles. The first-order valence-electron chi connectivity index (χ1n) is 5.31. The van der Waals surface area contributed by atoms with Crippen LogP contribution in [0.4, 0.5) is 4.79 Å². The van der Waals surface area contributed by atoms with Crippen molar-refractivity contribution in [1.82, 2.24) is 5.32 Å². The lowest BCUT2D eigenvalue weighted by Crippen LogP contribution is -2.17. The number of hydrogen-bond donors (Lipinski definition) is 1. The summed E-state index contributed by atoms with van der Waals surface area (Å²) in [7, 11) is 0. The molecule has 2 amide bonds. The highest BCUT2D eigenvalue weighted by molar-refractivity contribution is 14.1. The highest BCUT2D eigenvalue weighted by atomic mass is 127. The third-order valence-corrected chi connectivity index (χ3v) is 4.67. The zero-order valence-electron chi connectivity index (χ0n) is 9.91. The Balaban J connectivity index is 2.31. The van der Waals surface area contributed by atoms with Crippen LogP contribution in [0.3, 0.4) is 0 Å². The number of halogens is 2. The van der Waals surface area contributed by atoms with Crippen molar-refractivity contribution in [2.45, 2.75) is 0 Å². The molecule has 1 saturated heterocycles. The van der Waals surface area contributed by atoms with Gasteiger partial charge >= 0.3 is 0 Å². The summed E-state index contributed by atoms with van der Waals surface area (Å²) in [4.78, 5) is 23.0. The third kappa shape index (κ3) is 3.67. The zero-order chi connectivity index (χ0) is 14.7. The van der Waals surface area contributed by atoms with E-state index in [9.17, 15) is 9.59 Å². The lowest BCUT2D eigenvalue weighted by atomic mass is 10.2. The normalized spacial score (nSPS) is 16.1. The summed E-state index contributed by atoms with van der Waals surface area (Å²) in [6, 6.07) is 3.75. The van der Waals surface area contributed by atoms with Crippen LogP contribution in [0.25, 0.3) is 6.08 Å². The molecule has 20 heavy (non-hydrogen) atoms. The van der Waals surface area contributed by atoms with E-state index < -0.39 is 0 Å². The van der Waals surface area contributed by atoms with Crippen LogP contribution >= 0.6 is 56.9 Å². The average Bonchev–Trinajstić information content (AvgIpc) is 2.67. The Hall–Kier alpha value is -0.730. The molecule has 1 aromatic rings. The predicted octanol–water partition coefficient (Wildman–Crippen LogP) is 3.23. The number of hydrogen-bond acceptors (Lipinski definition) is 4. The molecule has 0 bridgehead atoms. The molecule has 1 heterocycles. The summed E-state index contributed by atoms with van der Waals surface area (Å²) in [5.74, 6) is 2.78. The van der Waals surface area contributed by atoms with E-state index in [0.717, 1.165) is 30.2 Å². The van der Waals surface area contributed by atoms with Gasteiger partial charge in [0.25, 0.3) is 11.1 Å². The van der Waals surface area contributed by atoms with E-state index in [1.54, 1.807) is 6.08 Å². The van der Waals surface area contributed by atoms with Crippen LogP contribution in [0.2, 0.25) is 0 Å². The van der Waals surface area contributed by atoms with Crippen molar-refractivity contribution >= 4 is 74.2 Å². The molecule has 1 aromatic carbocycles. The molecule has 0 unspecified atom stereocenters. The van der Waals surface area contributed by atoms with Gasteiger partial charge < -0.3 is 4.74 Å². The Kier molecular flexibility index (Phi) is 5.34. The van der Waals surface area contributed by atoms with Gasteiger partial charge in [-0.05, 0) is 80.7 Å². The summed E-state index contributed by atoms with van der Waals surface area (Å²) in [6.45, 7) is 0.208. The summed E-state index contributed by atoms with van der Waals surface area (Å²) in [5.41, 5.74) is 0.833. The van der Waals surface area contributed by atoms with E-state index in [4.69, 9.17) is 11.2 Å². The van der Waals surface area contributed by atoms with Gasteiger partial charge in [0.2, 0.25) is 0 Å². The van der Waals surface area contributed by atoms with Crippen LogP contribution < -0.4 is 10.1 Å².